The number of nitrogens with one attached hydrogen (secondary N) is 1. The molecular weight excluding hydrogens is 248 g/mol. The summed E-state index contributed by atoms with van der Waals surface area (Å²) in [7, 11) is 2.06. The maximum atomic E-state index is 6.02. The lowest BCUT2D eigenvalue weighted by Crippen LogP contribution is -2.52. The van der Waals surface area contributed by atoms with Gasteiger partial charge in [-0.05, 0) is 45.7 Å². The van der Waals surface area contributed by atoms with Crippen LogP contribution in [0.15, 0.2) is 24.3 Å². The smallest absolute Gasteiger partial charge is 0.124 e. The number of para-hydroxylation sites is 1. The van der Waals surface area contributed by atoms with Gasteiger partial charge in [-0.1, -0.05) is 18.2 Å². The molecule has 1 aliphatic carbocycles. The summed E-state index contributed by atoms with van der Waals surface area (Å²) in [6.07, 6.45) is 2.80. The van der Waals surface area contributed by atoms with Gasteiger partial charge in [-0.2, -0.15) is 0 Å². The molecule has 0 amide bonds. The summed E-state index contributed by atoms with van der Waals surface area (Å²) < 4.78 is 6.02. The van der Waals surface area contributed by atoms with Crippen molar-refractivity contribution in [3.8, 4) is 5.75 Å². The van der Waals surface area contributed by atoms with E-state index < -0.39 is 0 Å². The Kier molecular flexibility index (Phi) is 3.99. The SMILES string of the molecule is CNC1c2ccccc2OCC1N(CC1CC1)C(C)C. The van der Waals surface area contributed by atoms with Gasteiger partial charge in [0.25, 0.3) is 0 Å². The van der Waals surface area contributed by atoms with Crippen LogP contribution in [0.25, 0.3) is 0 Å². The summed E-state index contributed by atoms with van der Waals surface area (Å²) in [5, 5.41) is 3.52. The summed E-state index contributed by atoms with van der Waals surface area (Å²) in [4.78, 5) is 2.63. The van der Waals surface area contributed by atoms with E-state index in [2.05, 4.69) is 55.4 Å². The third-order valence-electron chi connectivity index (χ3n) is 4.61. The van der Waals surface area contributed by atoms with E-state index in [4.69, 9.17) is 4.74 Å². The molecule has 1 heterocycles. The molecule has 2 atom stereocenters. The van der Waals surface area contributed by atoms with E-state index >= 15 is 0 Å². The minimum absolute atomic E-state index is 0.362. The van der Waals surface area contributed by atoms with Crippen molar-refractivity contribution in [2.75, 3.05) is 20.2 Å². The number of hydrogen-bond acceptors (Lipinski definition) is 3. The lowest BCUT2D eigenvalue weighted by molar-refractivity contribution is 0.0607. The molecule has 0 aromatic heterocycles. The van der Waals surface area contributed by atoms with Gasteiger partial charge >= 0.3 is 0 Å². The maximum absolute atomic E-state index is 6.02. The van der Waals surface area contributed by atoms with E-state index in [0.717, 1.165) is 18.3 Å². The van der Waals surface area contributed by atoms with Gasteiger partial charge in [0.15, 0.2) is 0 Å². The van der Waals surface area contributed by atoms with Crippen LogP contribution in [0.4, 0.5) is 0 Å². The number of benzene rings is 1. The molecule has 1 N–H and O–H groups in total. The Bertz CT molecular complexity index is 456. The largest absolute Gasteiger partial charge is 0.492 e. The fraction of sp³-hybridized carbons (Fsp3) is 0.647. The van der Waals surface area contributed by atoms with Crippen molar-refractivity contribution in [3.63, 3.8) is 0 Å². The minimum Gasteiger partial charge on any atom is -0.492 e. The van der Waals surface area contributed by atoms with E-state index in [1.807, 2.05) is 0 Å². The van der Waals surface area contributed by atoms with Crippen molar-refractivity contribution < 1.29 is 4.74 Å². The molecule has 1 aromatic rings. The van der Waals surface area contributed by atoms with Gasteiger partial charge in [-0.15, -0.1) is 0 Å². The van der Waals surface area contributed by atoms with Crippen LogP contribution in [0.2, 0.25) is 0 Å². The highest BCUT2D eigenvalue weighted by Crippen LogP contribution is 2.37. The first-order valence-electron chi connectivity index (χ1n) is 7.85. The Morgan fingerprint density at radius 3 is 2.70 bits per heavy atom. The van der Waals surface area contributed by atoms with Crippen LogP contribution in [-0.2, 0) is 0 Å². The Balaban J connectivity index is 1.84. The average Bonchev–Trinajstić information content (AvgIpc) is 3.27. The second-order valence-electron chi connectivity index (χ2n) is 6.42. The predicted octanol–water partition coefficient (Wildman–Crippen LogP) is 2.83. The molecule has 1 aliphatic heterocycles. The highest BCUT2D eigenvalue weighted by atomic mass is 16.5. The Morgan fingerprint density at radius 1 is 1.30 bits per heavy atom. The number of likely N-dealkylation sites (N-methyl/N-ethyl adjacent to an activating group) is 1. The summed E-state index contributed by atoms with van der Waals surface area (Å²) in [6, 6.07) is 9.78. The molecule has 1 aromatic carbocycles. The van der Waals surface area contributed by atoms with Crippen molar-refractivity contribution in [2.24, 2.45) is 5.92 Å². The molecule has 2 unspecified atom stereocenters. The number of nitrogens with zero attached hydrogens (tertiary/aromatic N) is 1. The summed E-state index contributed by atoms with van der Waals surface area (Å²) in [5.74, 6) is 1.95. The molecule has 3 heteroatoms. The topological polar surface area (TPSA) is 24.5 Å². The van der Waals surface area contributed by atoms with Gasteiger partial charge < -0.3 is 10.1 Å². The van der Waals surface area contributed by atoms with Crippen molar-refractivity contribution in [2.45, 2.75) is 44.8 Å². The average molecular weight is 274 g/mol. The van der Waals surface area contributed by atoms with E-state index in [0.29, 0.717) is 18.1 Å². The van der Waals surface area contributed by atoms with Crippen molar-refractivity contribution in [3.05, 3.63) is 29.8 Å². The van der Waals surface area contributed by atoms with Crippen molar-refractivity contribution >= 4 is 0 Å². The van der Waals surface area contributed by atoms with Crippen LogP contribution in [-0.4, -0.2) is 37.2 Å². The Labute approximate surface area is 122 Å². The zero-order chi connectivity index (χ0) is 14.1. The number of hydrogen-bond donors (Lipinski definition) is 1. The normalized spacial score (nSPS) is 25.6. The Morgan fingerprint density at radius 2 is 2.05 bits per heavy atom. The highest BCUT2D eigenvalue weighted by molar-refractivity contribution is 5.38. The lowest BCUT2D eigenvalue weighted by atomic mass is 9.94. The molecule has 0 bridgehead atoms. The fourth-order valence-electron chi connectivity index (χ4n) is 3.31. The second kappa shape index (κ2) is 5.74. The van der Waals surface area contributed by atoms with Crippen LogP contribution in [0.5, 0.6) is 5.75 Å². The van der Waals surface area contributed by atoms with Gasteiger partial charge in [0, 0.05) is 18.2 Å². The minimum atomic E-state index is 0.362. The number of ether oxygens (including phenoxy) is 1. The van der Waals surface area contributed by atoms with Crippen molar-refractivity contribution in [1.29, 1.82) is 0 Å². The van der Waals surface area contributed by atoms with E-state index in [1.54, 1.807) is 0 Å². The molecule has 110 valence electrons. The third kappa shape index (κ3) is 2.70. The van der Waals surface area contributed by atoms with Crippen LogP contribution in [0.3, 0.4) is 0 Å². The third-order valence-corrected chi connectivity index (χ3v) is 4.61. The maximum Gasteiger partial charge on any atom is 0.124 e. The Hall–Kier alpha value is -1.06. The molecule has 1 saturated carbocycles. The summed E-state index contributed by atoms with van der Waals surface area (Å²) in [6.45, 7) is 6.60. The van der Waals surface area contributed by atoms with E-state index in [1.165, 1.54) is 24.9 Å². The first kappa shape index (κ1) is 13.9. The van der Waals surface area contributed by atoms with Crippen LogP contribution in [0.1, 0.15) is 38.3 Å². The number of rotatable bonds is 5. The molecule has 1 fully saturated rings. The van der Waals surface area contributed by atoms with Gasteiger partial charge in [0.05, 0.1) is 12.1 Å². The van der Waals surface area contributed by atoms with Crippen molar-refractivity contribution in [1.82, 2.24) is 10.2 Å². The fourth-order valence-corrected chi connectivity index (χ4v) is 3.31. The predicted molar refractivity (Wildman–Crippen MR) is 82.1 cm³/mol. The van der Waals surface area contributed by atoms with E-state index in [9.17, 15) is 0 Å². The zero-order valence-corrected chi connectivity index (χ0v) is 12.8. The molecule has 3 rings (SSSR count). The first-order valence-corrected chi connectivity index (χ1v) is 7.85. The quantitative estimate of drug-likeness (QED) is 0.893. The standard InChI is InChI=1S/C17H26N2O/c1-12(2)19(10-13-8-9-13)15-11-20-16-7-5-4-6-14(16)17(15)18-3/h4-7,12-13,15,17-18H,8-11H2,1-3H3. The van der Waals surface area contributed by atoms with Gasteiger partial charge in [-0.3, -0.25) is 4.90 Å². The van der Waals surface area contributed by atoms with Crippen LogP contribution in [0, 0.1) is 5.92 Å². The summed E-state index contributed by atoms with van der Waals surface area (Å²) in [5.41, 5.74) is 1.30. The van der Waals surface area contributed by atoms with Gasteiger partial charge in [0.2, 0.25) is 0 Å². The zero-order valence-electron chi connectivity index (χ0n) is 12.8. The lowest BCUT2D eigenvalue weighted by Gasteiger charge is -2.42. The molecule has 20 heavy (non-hydrogen) atoms. The molecular formula is C17H26N2O. The molecule has 0 spiro atoms. The molecule has 0 saturated heterocycles. The van der Waals surface area contributed by atoms with E-state index in [-0.39, 0.29) is 0 Å². The number of fused-ring (bicyclic) bond motifs is 1. The highest BCUT2D eigenvalue weighted by Gasteiger charge is 2.37. The second-order valence-corrected chi connectivity index (χ2v) is 6.42. The van der Waals surface area contributed by atoms with Crippen LogP contribution < -0.4 is 10.1 Å². The monoisotopic (exact) mass is 274 g/mol. The summed E-state index contributed by atoms with van der Waals surface area (Å²) >= 11 is 0. The molecule has 2 aliphatic rings. The molecule has 0 radical (unpaired) electrons. The van der Waals surface area contributed by atoms with Crippen LogP contribution >= 0.6 is 0 Å². The first-order chi connectivity index (χ1) is 9.70. The van der Waals surface area contributed by atoms with Gasteiger partial charge in [-0.25, -0.2) is 0 Å². The van der Waals surface area contributed by atoms with Gasteiger partial charge in [0.1, 0.15) is 12.4 Å². The molecule has 3 nitrogen and oxygen atoms in total.